The molecule has 0 heterocycles. The smallest absolute Gasteiger partial charge is 0.304 e. The van der Waals surface area contributed by atoms with Crippen LogP contribution in [0.2, 0.25) is 0 Å². The van der Waals surface area contributed by atoms with Crippen LogP contribution in [-0.4, -0.2) is 59.8 Å². The van der Waals surface area contributed by atoms with Crippen LogP contribution in [0.15, 0.2) is 0 Å². The van der Waals surface area contributed by atoms with Crippen LogP contribution < -0.4 is 5.32 Å². The van der Waals surface area contributed by atoms with Crippen molar-refractivity contribution in [2.24, 2.45) is 0 Å². The second kappa shape index (κ2) is 13.8. The third-order valence-corrected chi connectivity index (χ3v) is 3.32. The fourth-order valence-corrected chi connectivity index (χ4v) is 2.06. The van der Waals surface area contributed by atoms with Gasteiger partial charge in [-0.25, -0.2) is 0 Å². The number of aliphatic hydroxyl groups is 1. The van der Waals surface area contributed by atoms with Gasteiger partial charge in [-0.1, -0.05) is 32.6 Å². The van der Waals surface area contributed by atoms with Gasteiger partial charge < -0.3 is 15.5 Å². The molecule has 21 heavy (non-hydrogen) atoms. The van der Waals surface area contributed by atoms with E-state index in [2.05, 4.69) is 12.2 Å². The van der Waals surface area contributed by atoms with Gasteiger partial charge in [0.15, 0.2) is 0 Å². The number of unbranched alkanes of at least 4 members (excludes halogenated alkanes) is 4. The maximum absolute atomic E-state index is 11.6. The van der Waals surface area contributed by atoms with Crippen molar-refractivity contribution in [1.82, 2.24) is 10.2 Å². The number of aliphatic hydroxyl groups excluding tert-OH is 1. The molecular formula is C15H30N2O4. The number of carboxylic acids is 1. The number of nitrogens with zero attached hydrogens (tertiary/aromatic N) is 1. The second-order valence-corrected chi connectivity index (χ2v) is 5.22. The highest BCUT2D eigenvalue weighted by molar-refractivity contribution is 5.75. The summed E-state index contributed by atoms with van der Waals surface area (Å²) < 4.78 is 0. The molecule has 0 aliphatic carbocycles. The van der Waals surface area contributed by atoms with Crippen LogP contribution in [0, 0.1) is 0 Å². The molecule has 6 heteroatoms. The lowest BCUT2D eigenvalue weighted by Gasteiger charge is -2.20. The van der Waals surface area contributed by atoms with Gasteiger partial charge in [0.2, 0.25) is 5.91 Å². The highest BCUT2D eigenvalue weighted by Crippen LogP contribution is 2.04. The number of carboxylic acid groups (broad SMARTS) is 1. The fourth-order valence-electron chi connectivity index (χ4n) is 2.06. The first kappa shape index (κ1) is 19.9. The Balaban J connectivity index is 3.66. The van der Waals surface area contributed by atoms with Crippen LogP contribution in [0.4, 0.5) is 0 Å². The van der Waals surface area contributed by atoms with Crippen molar-refractivity contribution in [2.75, 3.05) is 32.8 Å². The van der Waals surface area contributed by atoms with Gasteiger partial charge in [0.05, 0.1) is 13.0 Å². The van der Waals surface area contributed by atoms with E-state index in [1.165, 1.54) is 19.3 Å². The van der Waals surface area contributed by atoms with Gasteiger partial charge >= 0.3 is 5.97 Å². The summed E-state index contributed by atoms with van der Waals surface area (Å²) in [7, 11) is 0. The first-order valence-electron chi connectivity index (χ1n) is 7.91. The number of aliphatic carboxylic acids is 1. The molecule has 0 bridgehead atoms. The molecule has 6 nitrogen and oxygen atoms in total. The number of hydrogen-bond acceptors (Lipinski definition) is 4. The normalized spacial score (nSPS) is 10.8. The summed E-state index contributed by atoms with van der Waals surface area (Å²) in [5, 5.41) is 20.4. The van der Waals surface area contributed by atoms with Crippen molar-refractivity contribution in [3.63, 3.8) is 0 Å². The third-order valence-electron chi connectivity index (χ3n) is 3.32. The Kier molecular flexibility index (Phi) is 13.1. The molecule has 0 radical (unpaired) electrons. The zero-order valence-electron chi connectivity index (χ0n) is 13.1. The Bertz CT molecular complexity index is 285. The molecule has 0 aromatic heterocycles. The summed E-state index contributed by atoms with van der Waals surface area (Å²) in [6.45, 7) is 4.03. The third kappa shape index (κ3) is 13.6. The first-order chi connectivity index (χ1) is 10.1. The van der Waals surface area contributed by atoms with Crippen molar-refractivity contribution < 1.29 is 19.8 Å². The van der Waals surface area contributed by atoms with Crippen LogP contribution in [0.1, 0.15) is 51.9 Å². The van der Waals surface area contributed by atoms with E-state index in [0.717, 1.165) is 12.8 Å². The van der Waals surface area contributed by atoms with E-state index < -0.39 is 5.97 Å². The summed E-state index contributed by atoms with van der Waals surface area (Å²) in [6.07, 6.45) is 6.22. The van der Waals surface area contributed by atoms with Crippen molar-refractivity contribution in [3.8, 4) is 0 Å². The maximum atomic E-state index is 11.6. The number of nitrogens with one attached hydrogen (secondary N) is 1. The largest absolute Gasteiger partial charge is 0.481 e. The van der Waals surface area contributed by atoms with Crippen LogP contribution in [0.3, 0.4) is 0 Å². The van der Waals surface area contributed by atoms with E-state index >= 15 is 0 Å². The van der Waals surface area contributed by atoms with Crippen LogP contribution in [0.25, 0.3) is 0 Å². The molecule has 0 rings (SSSR count). The predicted octanol–water partition coefficient (Wildman–Crippen LogP) is 1.23. The van der Waals surface area contributed by atoms with Gasteiger partial charge in [-0.2, -0.15) is 0 Å². The molecule has 0 unspecified atom stereocenters. The molecule has 3 N–H and O–H groups in total. The molecule has 1 amide bonds. The standard InChI is InChI=1S/C15H30N2O4/c1-2-3-4-5-6-7-14(19)16-9-11-17(12-13-18)10-8-15(20)21/h18H,2-13H2,1H3,(H,16,19)(H,20,21). The molecule has 124 valence electrons. The minimum atomic E-state index is -0.853. The average molecular weight is 302 g/mol. The summed E-state index contributed by atoms with van der Waals surface area (Å²) in [6, 6.07) is 0. The predicted molar refractivity (Wildman–Crippen MR) is 82.2 cm³/mol. The zero-order chi connectivity index (χ0) is 15.9. The van der Waals surface area contributed by atoms with Crippen molar-refractivity contribution in [3.05, 3.63) is 0 Å². The topological polar surface area (TPSA) is 89.9 Å². The zero-order valence-corrected chi connectivity index (χ0v) is 13.1. The molecular weight excluding hydrogens is 272 g/mol. The summed E-state index contributed by atoms with van der Waals surface area (Å²) in [5.41, 5.74) is 0. The Hall–Kier alpha value is -1.14. The molecule has 0 aliphatic rings. The van der Waals surface area contributed by atoms with E-state index in [9.17, 15) is 9.59 Å². The van der Waals surface area contributed by atoms with Gasteiger partial charge in [-0.05, 0) is 6.42 Å². The van der Waals surface area contributed by atoms with E-state index in [4.69, 9.17) is 10.2 Å². The van der Waals surface area contributed by atoms with Gasteiger partial charge in [-0.3, -0.25) is 14.5 Å². The molecule has 0 atom stereocenters. The number of rotatable bonds is 14. The highest BCUT2D eigenvalue weighted by atomic mass is 16.4. The minimum Gasteiger partial charge on any atom is -0.481 e. The van der Waals surface area contributed by atoms with Crippen LogP contribution >= 0.6 is 0 Å². The average Bonchev–Trinajstić information content (AvgIpc) is 2.44. The Morgan fingerprint density at radius 3 is 2.33 bits per heavy atom. The van der Waals surface area contributed by atoms with E-state index in [1.807, 2.05) is 4.90 Å². The number of carbonyl (C=O) groups excluding carboxylic acids is 1. The Morgan fingerprint density at radius 2 is 1.71 bits per heavy atom. The lowest BCUT2D eigenvalue weighted by Crippen LogP contribution is -2.37. The van der Waals surface area contributed by atoms with E-state index in [0.29, 0.717) is 32.6 Å². The number of amides is 1. The van der Waals surface area contributed by atoms with Crippen molar-refractivity contribution in [1.29, 1.82) is 0 Å². The summed E-state index contributed by atoms with van der Waals surface area (Å²) in [5.74, 6) is -0.803. The first-order valence-corrected chi connectivity index (χ1v) is 7.91. The highest BCUT2D eigenvalue weighted by Gasteiger charge is 2.07. The Morgan fingerprint density at radius 1 is 1.00 bits per heavy atom. The molecule has 0 aromatic carbocycles. The maximum Gasteiger partial charge on any atom is 0.304 e. The van der Waals surface area contributed by atoms with Gasteiger partial charge in [0, 0.05) is 32.6 Å². The minimum absolute atomic E-state index is 0.00893. The van der Waals surface area contributed by atoms with Crippen LogP contribution in [-0.2, 0) is 9.59 Å². The number of carbonyl (C=O) groups is 2. The van der Waals surface area contributed by atoms with Gasteiger partial charge in [0.25, 0.3) is 0 Å². The SMILES string of the molecule is CCCCCCCC(=O)NCCN(CCO)CCC(=O)O. The van der Waals surface area contributed by atoms with E-state index in [1.54, 1.807) is 0 Å². The van der Waals surface area contributed by atoms with Crippen molar-refractivity contribution in [2.45, 2.75) is 51.9 Å². The molecule has 0 saturated carbocycles. The molecule has 0 spiro atoms. The lowest BCUT2D eigenvalue weighted by molar-refractivity contribution is -0.137. The quantitative estimate of drug-likeness (QED) is 0.420. The lowest BCUT2D eigenvalue weighted by atomic mass is 10.1. The molecule has 0 saturated heterocycles. The summed E-state index contributed by atoms with van der Waals surface area (Å²) >= 11 is 0. The monoisotopic (exact) mass is 302 g/mol. The molecule has 0 fully saturated rings. The van der Waals surface area contributed by atoms with Gasteiger partial charge in [-0.15, -0.1) is 0 Å². The van der Waals surface area contributed by atoms with E-state index in [-0.39, 0.29) is 18.9 Å². The number of hydrogen-bond donors (Lipinski definition) is 3. The second-order valence-electron chi connectivity index (χ2n) is 5.22. The van der Waals surface area contributed by atoms with Gasteiger partial charge in [0.1, 0.15) is 0 Å². The fraction of sp³-hybridized carbons (Fsp3) is 0.867. The summed E-state index contributed by atoms with van der Waals surface area (Å²) in [4.78, 5) is 24.0. The van der Waals surface area contributed by atoms with Crippen molar-refractivity contribution >= 4 is 11.9 Å². The molecule has 0 aromatic rings. The molecule has 0 aliphatic heterocycles. The Labute approximate surface area is 127 Å². The van der Waals surface area contributed by atoms with Crippen LogP contribution in [0.5, 0.6) is 0 Å².